The van der Waals surface area contributed by atoms with Gasteiger partial charge in [0.05, 0.1) is 10.6 Å². The predicted molar refractivity (Wildman–Crippen MR) is 132 cm³/mol. The van der Waals surface area contributed by atoms with Crippen molar-refractivity contribution in [1.29, 1.82) is 0 Å². The molecule has 8 heteroatoms. The molecule has 0 saturated carbocycles. The molecule has 2 aromatic carbocycles. The quantitative estimate of drug-likeness (QED) is 0.303. The van der Waals surface area contributed by atoms with E-state index in [1.54, 1.807) is 17.5 Å². The summed E-state index contributed by atoms with van der Waals surface area (Å²) in [7, 11) is 0. The number of nitrogens with zero attached hydrogens (tertiary/aromatic N) is 2. The number of benzene rings is 2. The molecule has 0 radical (unpaired) electrons. The lowest BCUT2D eigenvalue weighted by molar-refractivity contribution is -0.384. The van der Waals surface area contributed by atoms with Crippen LogP contribution >= 0.6 is 11.3 Å². The summed E-state index contributed by atoms with van der Waals surface area (Å²) in [4.78, 5) is 27.2. The van der Waals surface area contributed by atoms with Crippen molar-refractivity contribution in [1.82, 2.24) is 4.98 Å². The van der Waals surface area contributed by atoms with E-state index < -0.39 is 4.92 Å². The molecule has 7 nitrogen and oxygen atoms in total. The van der Waals surface area contributed by atoms with Gasteiger partial charge in [0.15, 0.2) is 11.7 Å². The van der Waals surface area contributed by atoms with E-state index >= 15 is 0 Å². The Morgan fingerprint density at radius 2 is 1.82 bits per heavy atom. The van der Waals surface area contributed by atoms with Gasteiger partial charge >= 0.3 is 0 Å². The zero-order valence-electron chi connectivity index (χ0n) is 19.5. The minimum absolute atomic E-state index is 0.00713. The van der Waals surface area contributed by atoms with Crippen LogP contribution in [-0.4, -0.2) is 22.4 Å². The number of nitrogens with one attached hydrogen (secondary N) is 1. The molecule has 0 unspecified atom stereocenters. The Bertz CT molecular complexity index is 1130. The minimum Gasteiger partial charge on any atom is -0.484 e. The fraction of sp³-hybridized carbons (Fsp3) is 0.360. The normalized spacial score (nSPS) is 11.8. The van der Waals surface area contributed by atoms with Crippen LogP contribution in [0.5, 0.6) is 5.75 Å². The number of carbonyl (C=O) groups is 1. The second-order valence-electron chi connectivity index (χ2n) is 9.83. The van der Waals surface area contributed by atoms with Crippen molar-refractivity contribution in [3.63, 3.8) is 0 Å². The molecule has 0 atom stereocenters. The van der Waals surface area contributed by atoms with Crippen molar-refractivity contribution in [3.8, 4) is 17.0 Å². The number of nitro groups is 1. The zero-order chi connectivity index (χ0) is 24.2. The summed E-state index contributed by atoms with van der Waals surface area (Å²) < 4.78 is 5.63. The first-order valence-corrected chi connectivity index (χ1v) is 11.5. The fourth-order valence-electron chi connectivity index (χ4n) is 3.98. The Labute approximate surface area is 198 Å². The Balaban J connectivity index is 1.56. The van der Waals surface area contributed by atoms with Crippen molar-refractivity contribution in [2.75, 3.05) is 11.9 Å². The third kappa shape index (κ3) is 6.86. The van der Waals surface area contributed by atoms with Crippen molar-refractivity contribution < 1.29 is 14.5 Å². The Morgan fingerprint density at radius 1 is 1.12 bits per heavy atom. The molecule has 0 bridgehead atoms. The molecule has 174 valence electrons. The number of carbonyl (C=O) groups excluding carboxylic acids is 1. The average molecular weight is 468 g/mol. The van der Waals surface area contributed by atoms with Crippen LogP contribution in [0.1, 0.15) is 46.6 Å². The van der Waals surface area contributed by atoms with Crippen LogP contribution in [0.2, 0.25) is 0 Å². The van der Waals surface area contributed by atoms with E-state index in [2.05, 4.69) is 44.9 Å². The number of rotatable bonds is 8. The van der Waals surface area contributed by atoms with Crippen LogP contribution in [0.4, 0.5) is 10.8 Å². The van der Waals surface area contributed by atoms with Crippen LogP contribution in [0, 0.1) is 15.5 Å². The molecule has 0 aliphatic carbocycles. The Morgan fingerprint density at radius 3 is 2.45 bits per heavy atom. The number of anilines is 1. The monoisotopic (exact) mass is 467 g/mol. The maximum atomic E-state index is 12.3. The number of nitro benzene ring substituents is 1. The smallest absolute Gasteiger partial charge is 0.270 e. The lowest BCUT2D eigenvalue weighted by Gasteiger charge is -2.33. The first-order chi connectivity index (χ1) is 15.4. The van der Waals surface area contributed by atoms with E-state index in [0.717, 1.165) is 6.42 Å². The summed E-state index contributed by atoms with van der Waals surface area (Å²) in [5.74, 6) is 0.295. The molecule has 1 aromatic heterocycles. The lowest BCUT2D eigenvalue weighted by atomic mass is 9.72. The topological polar surface area (TPSA) is 94.4 Å². The number of ether oxygens (including phenoxy) is 1. The van der Waals surface area contributed by atoms with Gasteiger partial charge in [-0.15, -0.1) is 11.3 Å². The van der Waals surface area contributed by atoms with Crippen molar-refractivity contribution in [2.45, 2.75) is 46.5 Å². The van der Waals surface area contributed by atoms with Gasteiger partial charge in [0, 0.05) is 23.1 Å². The van der Waals surface area contributed by atoms with Gasteiger partial charge in [0.25, 0.3) is 11.6 Å². The number of aromatic nitrogens is 1. The third-order valence-corrected chi connectivity index (χ3v) is 5.84. The van der Waals surface area contributed by atoms with Gasteiger partial charge in [-0.25, -0.2) is 4.98 Å². The molecular formula is C25H29N3O4S. The molecule has 1 heterocycles. The number of non-ortho nitro benzene ring substituents is 1. The summed E-state index contributed by atoms with van der Waals surface area (Å²) in [5.41, 5.74) is 2.66. The van der Waals surface area contributed by atoms with Crippen LogP contribution in [0.15, 0.2) is 53.9 Å². The largest absolute Gasteiger partial charge is 0.484 e. The van der Waals surface area contributed by atoms with Crippen molar-refractivity contribution in [3.05, 3.63) is 69.6 Å². The highest BCUT2D eigenvalue weighted by Crippen LogP contribution is 2.36. The maximum absolute atomic E-state index is 12.3. The Kier molecular flexibility index (Phi) is 7.17. The molecule has 1 N–H and O–H groups in total. The Hall–Kier alpha value is -3.26. The van der Waals surface area contributed by atoms with Crippen molar-refractivity contribution in [2.24, 2.45) is 5.41 Å². The van der Waals surface area contributed by atoms with E-state index in [0.29, 0.717) is 22.1 Å². The fourth-order valence-corrected chi connectivity index (χ4v) is 4.71. The van der Waals surface area contributed by atoms with Crippen LogP contribution in [-0.2, 0) is 10.2 Å². The SMILES string of the molecule is CC(C)(C)CC(C)(C)c1ccc(OCC(=O)Nc2nc(-c3cccc([N+](=O)[O-])c3)cs2)cc1. The van der Waals surface area contributed by atoms with E-state index in [1.807, 2.05) is 24.3 Å². The maximum Gasteiger partial charge on any atom is 0.270 e. The number of thiazole rings is 1. The third-order valence-electron chi connectivity index (χ3n) is 5.08. The zero-order valence-corrected chi connectivity index (χ0v) is 20.4. The highest BCUT2D eigenvalue weighted by molar-refractivity contribution is 7.14. The number of amides is 1. The second kappa shape index (κ2) is 9.70. The molecule has 33 heavy (non-hydrogen) atoms. The van der Waals surface area contributed by atoms with Crippen LogP contribution in [0.25, 0.3) is 11.3 Å². The molecule has 0 fully saturated rings. The van der Waals surface area contributed by atoms with Gasteiger partial charge in [-0.1, -0.05) is 58.9 Å². The van der Waals surface area contributed by atoms with Gasteiger partial charge in [-0.3, -0.25) is 20.2 Å². The van der Waals surface area contributed by atoms with E-state index in [9.17, 15) is 14.9 Å². The molecule has 3 aromatic rings. The summed E-state index contributed by atoms with van der Waals surface area (Å²) >= 11 is 1.25. The minimum atomic E-state index is -0.450. The van der Waals surface area contributed by atoms with Gasteiger partial charge in [0.1, 0.15) is 5.75 Å². The van der Waals surface area contributed by atoms with Crippen LogP contribution in [0.3, 0.4) is 0 Å². The van der Waals surface area contributed by atoms with Gasteiger partial charge in [0.2, 0.25) is 0 Å². The number of hydrogen-bond acceptors (Lipinski definition) is 6. The molecule has 1 amide bonds. The van der Waals surface area contributed by atoms with Gasteiger partial charge < -0.3 is 4.74 Å². The second-order valence-corrected chi connectivity index (χ2v) is 10.7. The van der Waals surface area contributed by atoms with E-state index in [-0.39, 0.29) is 29.0 Å². The first kappa shape index (κ1) is 24.4. The highest BCUT2D eigenvalue weighted by atomic mass is 32.1. The molecule has 0 aliphatic rings. The predicted octanol–water partition coefficient (Wildman–Crippen LogP) is 6.45. The standard InChI is InChI=1S/C25H29N3O4S/c1-24(2,3)16-25(4,5)18-9-11-20(12-10-18)32-14-22(29)27-23-26-21(15-33-23)17-7-6-8-19(13-17)28(30)31/h6-13,15H,14,16H2,1-5H3,(H,26,27,29). The molecule has 0 spiro atoms. The summed E-state index contributed by atoms with van der Waals surface area (Å²) in [6, 6.07) is 14.1. The van der Waals surface area contributed by atoms with E-state index in [1.165, 1.54) is 29.0 Å². The summed E-state index contributed by atoms with van der Waals surface area (Å²) in [6.07, 6.45) is 1.05. The number of hydrogen-bond donors (Lipinski definition) is 1. The molecular weight excluding hydrogens is 438 g/mol. The average Bonchev–Trinajstić information content (AvgIpc) is 3.19. The van der Waals surface area contributed by atoms with Crippen molar-refractivity contribution >= 4 is 28.1 Å². The lowest BCUT2D eigenvalue weighted by Crippen LogP contribution is -2.24. The van der Waals surface area contributed by atoms with Gasteiger partial charge in [-0.05, 0) is 34.9 Å². The highest BCUT2D eigenvalue weighted by Gasteiger charge is 2.27. The van der Waals surface area contributed by atoms with Crippen LogP contribution < -0.4 is 10.1 Å². The van der Waals surface area contributed by atoms with E-state index in [4.69, 9.17) is 4.74 Å². The molecule has 0 aliphatic heterocycles. The molecule has 0 saturated heterocycles. The summed E-state index contributed by atoms with van der Waals surface area (Å²) in [6.45, 7) is 11.0. The summed E-state index contributed by atoms with van der Waals surface area (Å²) in [5, 5.41) is 15.8. The molecule has 3 rings (SSSR count). The first-order valence-electron chi connectivity index (χ1n) is 10.7. The van der Waals surface area contributed by atoms with Gasteiger partial charge in [-0.2, -0.15) is 0 Å².